The van der Waals surface area contributed by atoms with E-state index in [0.29, 0.717) is 28.6 Å². The minimum Gasteiger partial charge on any atom is -0.494 e. The Kier molecular flexibility index (Phi) is 4.82. The molecule has 0 spiro atoms. The van der Waals surface area contributed by atoms with Crippen molar-refractivity contribution in [3.05, 3.63) is 65.3 Å². The molecule has 2 aromatic carbocycles. The van der Waals surface area contributed by atoms with E-state index < -0.39 is 0 Å². The lowest BCUT2D eigenvalue weighted by atomic mass is 10.1. The monoisotopic (exact) mass is 342 g/mol. The van der Waals surface area contributed by atoms with Crippen molar-refractivity contribution in [1.29, 1.82) is 0 Å². The minimum absolute atomic E-state index is 0.179. The fourth-order valence-electron chi connectivity index (χ4n) is 2.17. The maximum absolute atomic E-state index is 12.3. The number of nitrogens with one attached hydrogen (secondary N) is 1. The molecule has 1 heterocycles. The highest BCUT2D eigenvalue weighted by Crippen LogP contribution is 2.28. The van der Waals surface area contributed by atoms with Crippen LogP contribution in [0.15, 0.2) is 59.1 Å². The number of hydrogen-bond donors (Lipinski definition) is 1. The third kappa shape index (κ3) is 3.58. The Morgan fingerprint density at radius 2 is 1.96 bits per heavy atom. The van der Waals surface area contributed by atoms with Crippen LogP contribution in [0.25, 0.3) is 11.3 Å². The topological polar surface area (TPSA) is 64.4 Å². The van der Waals surface area contributed by atoms with Crippen LogP contribution >= 0.6 is 11.6 Å². The van der Waals surface area contributed by atoms with E-state index in [1.165, 1.54) is 0 Å². The molecule has 0 unspecified atom stereocenters. The summed E-state index contributed by atoms with van der Waals surface area (Å²) in [5, 5.41) is 7.10. The van der Waals surface area contributed by atoms with Crippen LogP contribution in [0.4, 0.5) is 5.69 Å². The highest BCUT2D eigenvalue weighted by molar-refractivity contribution is 6.33. The number of amides is 1. The smallest absolute Gasteiger partial charge is 0.277 e. The van der Waals surface area contributed by atoms with E-state index in [4.69, 9.17) is 20.9 Å². The minimum atomic E-state index is -0.360. The van der Waals surface area contributed by atoms with Gasteiger partial charge < -0.3 is 14.6 Å². The molecule has 1 amide bonds. The van der Waals surface area contributed by atoms with E-state index in [-0.39, 0.29) is 11.6 Å². The first kappa shape index (κ1) is 16.1. The van der Waals surface area contributed by atoms with Crippen LogP contribution < -0.4 is 10.1 Å². The van der Waals surface area contributed by atoms with Crippen LogP contribution in [0, 0.1) is 0 Å². The van der Waals surface area contributed by atoms with Crippen LogP contribution in [0.1, 0.15) is 17.4 Å². The largest absolute Gasteiger partial charge is 0.494 e. The lowest BCUT2D eigenvalue weighted by Gasteiger charge is -2.05. The molecule has 122 valence electrons. The molecule has 0 aliphatic heterocycles. The van der Waals surface area contributed by atoms with Crippen molar-refractivity contribution in [1.82, 2.24) is 5.16 Å². The molecule has 0 atom stereocenters. The van der Waals surface area contributed by atoms with Crippen molar-refractivity contribution in [2.24, 2.45) is 0 Å². The average Bonchev–Trinajstić information content (AvgIpc) is 3.07. The van der Waals surface area contributed by atoms with Crippen molar-refractivity contribution in [2.45, 2.75) is 6.92 Å². The summed E-state index contributed by atoms with van der Waals surface area (Å²) in [5.41, 5.74) is 1.51. The lowest BCUT2D eigenvalue weighted by Crippen LogP contribution is -2.12. The van der Waals surface area contributed by atoms with Crippen LogP contribution in [-0.4, -0.2) is 17.7 Å². The zero-order valence-corrected chi connectivity index (χ0v) is 13.7. The standard InChI is InChI=1S/C18H15ClN2O3/c1-2-23-13-9-7-12(8-10-13)20-18(22)16-11-17(24-21-16)14-5-3-4-6-15(14)19/h3-11H,2H2,1H3,(H,20,22). The van der Waals surface area contributed by atoms with Gasteiger partial charge in [-0.25, -0.2) is 0 Å². The first-order valence-electron chi connectivity index (χ1n) is 7.43. The number of benzene rings is 2. The molecule has 1 aromatic heterocycles. The Balaban J connectivity index is 1.73. The number of hydrogen-bond acceptors (Lipinski definition) is 4. The first-order chi connectivity index (χ1) is 11.7. The van der Waals surface area contributed by atoms with Crippen LogP contribution in [0.2, 0.25) is 5.02 Å². The van der Waals surface area contributed by atoms with Crippen molar-refractivity contribution >= 4 is 23.2 Å². The van der Waals surface area contributed by atoms with E-state index in [9.17, 15) is 4.79 Å². The summed E-state index contributed by atoms with van der Waals surface area (Å²) in [6.07, 6.45) is 0. The Morgan fingerprint density at radius 3 is 2.67 bits per heavy atom. The Hall–Kier alpha value is -2.79. The molecule has 24 heavy (non-hydrogen) atoms. The highest BCUT2D eigenvalue weighted by atomic mass is 35.5. The fourth-order valence-corrected chi connectivity index (χ4v) is 2.40. The Labute approximate surface area is 144 Å². The second-order valence-corrected chi connectivity index (χ2v) is 5.37. The Morgan fingerprint density at radius 1 is 1.21 bits per heavy atom. The molecule has 3 aromatic rings. The summed E-state index contributed by atoms with van der Waals surface area (Å²) >= 11 is 6.12. The average molecular weight is 343 g/mol. The molecular formula is C18H15ClN2O3. The lowest BCUT2D eigenvalue weighted by molar-refractivity contribution is 0.101. The Bertz CT molecular complexity index is 843. The molecule has 3 rings (SSSR count). The molecule has 6 heteroatoms. The van der Waals surface area contributed by atoms with Crippen molar-refractivity contribution < 1.29 is 14.1 Å². The number of carbonyl (C=O) groups is 1. The van der Waals surface area contributed by atoms with E-state index in [2.05, 4.69) is 10.5 Å². The third-order valence-electron chi connectivity index (χ3n) is 3.31. The maximum atomic E-state index is 12.3. The van der Waals surface area contributed by atoms with E-state index in [0.717, 1.165) is 5.75 Å². The molecule has 0 radical (unpaired) electrons. The first-order valence-corrected chi connectivity index (χ1v) is 7.81. The molecule has 0 fully saturated rings. The zero-order chi connectivity index (χ0) is 16.9. The molecule has 0 saturated heterocycles. The van der Waals surface area contributed by atoms with E-state index in [1.807, 2.05) is 19.1 Å². The summed E-state index contributed by atoms with van der Waals surface area (Å²) in [5.74, 6) is 0.830. The van der Waals surface area contributed by atoms with Gasteiger partial charge in [-0.05, 0) is 43.3 Å². The highest BCUT2D eigenvalue weighted by Gasteiger charge is 2.15. The number of aromatic nitrogens is 1. The van der Waals surface area contributed by atoms with Gasteiger partial charge in [0.15, 0.2) is 11.5 Å². The van der Waals surface area contributed by atoms with Crippen molar-refractivity contribution in [3.8, 4) is 17.1 Å². The van der Waals surface area contributed by atoms with Gasteiger partial charge in [0.05, 0.1) is 11.6 Å². The van der Waals surface area contributed by atoms with Gasteiger partial charge in [0.25, 0.3) is 5.91 Å². The van der Waals surface area contributed by atoms with Gasteiger partial charge in [-0.2, -0.15) is 0 Å². The summed E-state index contributed by atoms with van der Waals surface area (Å²) in [4.78, 5) is 12.3. The molecule has 0 saturated carbocycles. The predicted octanol–water partition coefficient (Wildman–Crippen LogP) is 4.65. The summed E-state index contributed by atoms with van der Waals surface area (Å²) in [6, 6.07) is 15.9. The van der Waals surface area contributed by atoms with Crippen LogP contribution in [-0.2, 0) is 0 Å². The zero-order valence-electron chi connectivity index (χ0n) is 13.0. The quantitative estimate of drug-likeness (QED) is 0.733. The van der Waals surface area contributed by atoms with Crippen molar-refractivity contribution in [3.63, 3.8) is 0 Å². The number of anilines is 1. The van der Waals surface area contributed by atoms with Crippen LogP contribution in [0.3, 0.4) is 0 Å². The van der Waals surface area contributed by atoms with Gasteiger partial charge in [0.2, 0.25) is 0 Å². The number of rotatable bonds is 5. The molecule has 1 N–H and O–H groups in total. The van der Waals surface area contributed by atoms with E-state index in [1.54, 1.807) is 42.5 Å². The SMILES string of the molecule is CCOc1ccc(NC(=O)c2cc(-c3ccccc3Cl)on2)cc1. The molecule has 0 bridgehead atoms. The van der Waals surface area contributed by atoms with Crippen LogP contribution in [0.5, 0.6) is 5.75 Å². The number of ether oxygens (including phenoxy) is 1. The van der Waals surface area contributed by atoms with Gasteiger partial charge >= 0.3 is 0 Å². The van der Waals surface area contributed by atoms with Gasteiger partial charge in [0, 0.05) is 17.3 Å². The molecular weight excluding hydrogens is 328 g/mol. The van der Waals surface area contributed by atoms with Gasteiger partial charge in [-0.3, -0.25) is 4.79 Å². The molecule has 5 nitrogen and oxygen atoms in total. The van der Waals surface area contributed by atoms with Gasteiger partial charge in [-0.1, -0.05) is 28.9 Å². The number of halogens is 1. The molecule has 0 aliphatic carbocycles. The fraction of sp³-hybridized carbons (Fsp3) is 0.111. The second kappa shape index (κ2) is 7.19. The van der Waals surface area contributed by atoms with Gasteiger partial charge in [0.1, 0.15) is 5.75 Å². The van der Waals surface area contributed by atoms with E-state index >= 15 is 0 Å². The summed E-state index contributed by atoms with van der Waals surface area (Å²) in [7, 11) is 0. The predicted molar refractivity (Wildman–Crippen MR) is 92.5 cm³/mol. The normalized spacial score (nSPS) is 10.4. The number of nitrogens with zero attached hydrogens (tertiary/aromatic N) is 1. The summed E-state index contributed by atoms with van der Waals surface area (Å²) in [6.45, 7) is 2.51. The molecule has 0 aliphatic rings. The number of carbonyl (C=O) groups excluding carboxylic acids is 1. The third-order valence-corrected chi connectivity index (χ3v) is 3.63. The van der Waals surface area contributed by atoms with Crippen molar-refractivity contribution in [2.75, 3.05) is 11.9 Å². The summed E-state index contributed by atoms with van der Waals surface area (Å²) < 4.78 is 10.6. The van der Waals surface area contributed by atoms with Gasteiger partial charge in [-0.15, -0.1) is 0 Å². The maximum Gasteiger partial charge on any atom is 0.277 e. The second-order valence-electron chi connectivity index (χ2n) is 4.97.